The molecule has 0 aliphatic rings. The van der Waals surface area contributed by atoms with E-state index in [1.165, 1.54) is 25.7 Å². The number of esters is 1. The first-order chi connectivity index (χ1) is 12.6. The lowest BCUT2D eigenvalue weighted by atomic mass is 9.80. The van der Waals surface area contributed by atoms with E-state index in [1.54, 1.807) is 0 Å². The predicted molar refractivity (Wildman–Crippen MR) is 101 cm³/mol. The van der Waals surface area contributed by atoms with Gasteiger partial charge in [0.2, 0.25) is 5.91 Å². The SMILES string of the molecule is CCC(C)[C@H](NC(=O)c1cnccn1)C(=O)NC[C@H](C(=O)OC)C(C)(C)C. The highest BCUT2D eigenvalue weighted by Crippen LogP contribution is 2.26. The molecule has 1 aromatic heterocycles. The van der Waals surface area contributed by atoms with Gasteiger partial charge in [0.1, 0.15) is 11.7 Å². The number of methoxy groups -OCH3 is 1. The van der Waals surface area contributed by atoms with Crippen LogP contribution in [0.3, 0.4) is 0 Å². The average Bonchev–Trinajstić information content (AvgIpc) is 2.64. The van der Waals surface area contributed by atoms with E-state index >= 15 is 0 Å². The van der Waals surface area contributed by atoms with Gasteiger partial charge in [-0.05, 0) is 11.3 Å². The normalized spacial score (nSPS) is 14.6. The Balaban J connectivity index is 2.86. The molecule has 1 unspecified atom stereocenters. The molecule has 0 bridgehead atoms. The highest BCUT2D eigenvalue weighted by molar-refractivity contribution is 5.96. The number of nitrogens with one attached hydrogen (secondary N) is 2. The maximum Gasteiger partial charge on any atom is 0.310 e. The zero-order chi connectivity index (χ0) is 20.6. The lowest BCUT2D eigenvalue weighted by molar-refractivity contribution is -0.149. The standard InChI is InChI=1S/C19H30N4O4/c1-7-12(2)15(23-16(24)14-11-20-8-9-21-14)17(25)22-10-13(18(26)27-6)19(3,4)5/h8-9,11-13,15H,7,10H2,1-6H3,(H,22,25)(H,23,24)/t12?,13-,15+/m1/s1. The van der Waals surface area contributed by atoms with Crippen molar-refractivity contribution >= 4 is 17.8 Å². The van der Waals surface area contributed by atoms with Gasteiger partial charge in [-0.2, -0.15) is 0 Å². The molecule has 2 amide bonds. The van der Waals surface area contributed by atoms with Crippen LogP contribution in [0.5, 0.6) is 0 Å². The second-order valence-corrected chi connectivity index (χ2v) is 7.61. The Bertz CT molecular complexity index is 643. The Morgan fingerprint density at radius 3 is 2.37 bits per heavy atom. The quantitative estimate of drug-likeness (QED) is 0.665. The average molecular weight is 378 g/mol. The van der Waals surface area contributed by atoms with Gasteiger partial charge >= 0.3 is 5.97 Å². The zero-order valence-electron chi connectivity index (χ0n) is 16.9. The molecule has 0 saturated carbocycles. The van der Waals surface area contributed by atoms with Gasteiger partial charge in [-0.3, -0.25) is 19.4 Å². The monoisotopic (exact) mass is 378 g/mol. The highest BCUT2D eigenvalue weighted by Gasteiger charge is 2.34. The van der Waals surface area contributed by atoms with Crippen LogP contribution in [0.1, 0.15) is 51.5 Å². The van der Waals surface area contributed by atoms with Gasteiger partial charge in [0.05, 0.1) is 19.2 Å². The number of aromatic nitrogens is 2. The van der Waals surface area contributed by atoms with Crippen molar-refractivity contribution in [3.05, 3.63) is 24.3 Å². The van der Waals surface area contributed by atoms with E-state index in [4.69, 9.17) is 4.74 Å². The van der Waals surface area contributed by atoms with Crippen LogP contribution < -0.4 is 10.6 Å². The third-order valence-corrected chi connectivity index (χ3v) is 4.59. The molecule has 1 aromatic rings. The largest absolute Gasteiger partial charge is 0.469 e. The lowest BCUT2D eigenvalue weighted by Gasteiger charge is -2.30. The number of carbonyl (C=O) groups excluding carboxylic acids is 3. The number of hydrogen-bond acceptors (Lipinski definition) is 6. The van der Waals surface area contributed by atoms with Crippen molar-refractivity contribution in [1.29, 1.82) is 0 Å². The maximum absolute atomic E-state index is 12.7. The summed E-state index contributed by atoms with van der Waals surface area (Å²) in [6.45, 7) is 9.66. The van der Waals surface area contributed by atoms with Crippen molar-refractivity contribution in [3.63, 3.8) is 0 Å². The lowest BCUT2D eigenvalue weighted by Crippen LogP contribution is -2.52. The van der Waals surface area contributed by atoms with E-state index in [2.05, 4.69) is 20.6 Å². The Morgan fingerprint density at radius 1 is 1.22 bits per heavy atom. The molecular formula is C19H30N4O4. The number of ether oxygens (including phenoxy) is 1. The second kappa shape index (κ2) is 9.99. The molecule has 2 N–H and O–H groups in total. The summed E-state index contributed by atoms with van der Waals surface area (Å²) in [5.41, 5.74) is -0.240. The number of carbonyl (C=O) groups is 3. The molecule has 8 nitrogen and oxygen atoms in total. The van der Waals surface area contributed by atoms with Crippen molar-refractivity contribution in [2.45, 2.75) is 47.1 Å². The van der Waals surface area contributed by atoms with Gasteiger partial charge in [-0.25, -0.2) is 4.98 Å². The molecule has 150 valence electrons. The first-order valence-electron chi connectivity index (χ1n) is 9.04. The van der Waals surface area contributed by atoms with E-state index < -0.39 is 17.9 Å². The molecule has 27 heavy (non-hydrogen) atoms. The molecule has 1 rings (SSSR count). The smallest absolute Gasteiger partial charge is 0.310 e. The van der Waals surface area contributed by atoms with Crippen LogP contribution in [0, 0.1) is 17.3 Å². The Kier molecular flexibility index (Phi) is 8.33. The van der Waals surface area contributed by atoms with Crippen LogP contribution in [0.15, 0.2) is 18.6 Å². The molecule has 0 aliphatic carbocycles. The van der Waals surface area contributed by atoms with Crippen molar-refractivity contribution in [3.8, 4) is 0 Å². The number of nitrogens with zero attached hydrogens (tertiary/aromatic N) is 2. The van der Waals surface area contributed by atoms with Gasteiger partial charge in [0.15, 0.2) is 0 Å². The van der Waals surface area contributed by atoms with E-state index in [-0.39, 0.29) is 35.4 Å². The Morgan fingerprint density at radius 2 is 1.89 bits per heavy atom. The molecule has 3 atom stereocenters. The minimum absolute atomic E-state index is 0.100. The van der Waals surface area contributed by atoms with Gasteiger partial charge in [-0.1, -0.05) is 41.0 Å². The van der Waals surface area contributed by atoms with Crippen LogP contribution >= 0.6 is 0 Å². The minimum atomic E-state index is -0.747. The van der Waals surface area contributed by atoms with Crippen molar-refractivity contribution in [1.82, 2.24) is 20.6 Å². The van der Waals surface area contributed by atoms with Crippen molar-refractivity contribution in [2.24, 2.45) is 17.3 Å². The molecule has 0 saturated heterocycles. The van der Waals surface area contributed by atoms with E-state index in [1.807, 2.05) is 34.6 Å². The fraction of sp³-hybridized carbons (Fsp3) is 0.632. The van der Waals surface area contributed by atoms with E-state index in [0.29, 0.717) is 6.42 Å². The number of hydrogen-bond donors (Lipinski definition) is 2. The first kappa shape index (κ1) is 22.5. The van der Waals surface area contributed by atoms with Crippen LogP contribution in [-0.4, -0.2) is 47.4 Å². The number of rotatable bonds is 8. The van der Waals surface area contributed by atoms with Crippen LogP contribution in [0.25, 0.3) is 0 Å². The molecule has 1 heterocycles. The molecule has 0 aromatic carbocycles. The summed E-state index contributed by atoms with van der Waals surface area (Å²) in [6.07, 6.45) is 4.92. The summed E-state index contributed by atoms with van der Waals surface area (Å²) in [7, 11) is 1.33. The fourth-order valence-corrected chi connectivity index (χ4v) is 2.53. The van der Waals surface area contributed by atoms with Crippen LogP contribution in [-0.2, 0) is 14.3 Å². The summed E-state index contributed by atoms with van der Waals surface area (Å²) in [4.78, 5) is 45.0. The Hall–Kier alpha value is -2.51. The third kappa shape index (κ3) is 6.62. The van der Waals surface area contributed by atoms with Gasteiger partial charge in [0.25, 0.3) is 5.91 Å². The van der Waals surface area contributed by atoms with Gasteiger partial charge < -0.3 is 15.4 Å². The molecular weight excluding hydrogens is 348 g/mol. The maximum atomic E-state index is 12.7. The summed E-state index contributed by atoms with van der Waals surface area (Å²) >= 11 is 0. The molecule has 0 spiro atoms. The Labute approximate surface area is 160 Å². The fourth-order valence-electron chi connectivity index (χ4n) is 2.53. The molecule has 0 fully saturated rings. The zero-order valence-corrected chi connectivity index (χ0v) is 16.9. The summed E-state index contributed by atoms with van der Waals surface area (Å²) < 4.78 is 4.85. The second-order valence-electron chi connectivity index (χ2n) is 7.61. The first-order valence-corrected chi connectivity index (χ1v) is 9.04. The van der Waals surface area contributed by atoms with E-state index in [0.717, 1.165) is 0 Å². The number of amides is 2. The molecule has 8 heteroatoms. The topological polar surface area (TPSA) is 110 Å². The molecule has 0 aliphatic heterocycles. The van der Waals surface area contributed by atoms with Crippen molar-refractivity contribution in [2.75, 3.05) is 13.7 Å². The van der Waals surface area contributed by atoms with Crippen LogP contribution in [0.2, 0.25) is 0 Å². The third-order valence-electron chi connectivity index (χ3n) is 4.59. The predicted octanol–water partition coefficient (Wildman–Crippen LogP) is 1.57. The highest BCUT2D eigenvalue weighted by atomic mass is 16.5. The van der Waals surface area contributed by atoms with Crippen molar-refractivity contribution < 1.29 is 19.1 Å². The summed E-state index contributed by atoms with van der Waals surface area (Å²) in [5.74, 6) is -1.80. The van der Waals surface area contributed by atoms with Crippen LogP contribution in [0.4, 0.5) is 0 Å². The summed E-state index contributed by atoms with van der Waals surface area (Å²) in [5, 5.41) is 5.51. The summed E-state index contributed by atoms with van der Waals surface area (Å²) in [6, 6.07) is -0.747. The minimum Gasteiger partial charge on any atom is -0.469 e. The van der Waals surface area contributed by atoms with Gasteiger partial charge in [0, 0.05) is 18.9 Å². The van der Waals surface area contributed by atoms with E-state index in [9.17, 15) is 14.4 Å². The van der Waals surface area contributed by atoms with Gasteiger partial charge in [-0.15, -0.1) is 0 Å². The molecule has 0 radical (unpaired) electrons.